The summed E-state index contributed by atoms with van der Waals surface area (Å²) in [5, 5.41) is 0. The number of nitrogens with two attached hydrogens (primary N) is 1. The number of hydrogen-bond donors (Lipinski definition) is 1. The van der Waals surface area contributed by atoms with Crippen LogP contribution in [-0.2, 0) is 0 Å². The molecule has 0 bridgehead atoms. The van der Waals surface area contributed by atoms with E-state index in [0.29, 0.717) is 6.04 Å². The molecule has 1 saturated heterocycles. The molecule has 0 aromatic carbocycles. The summed E-state index contributed by atoms with van der Waals surface area (Å²) in [5.41, 5.74) is 5.93. The number of likely N-dealkylation sites (N-methyl/N-ethyl adjacent to an activating group) is 1. The van der Waals surface area contributed by atoms with Gasteiger partial charge in [0.25, 0.3) is 0 Å². The summed E-state index contributed by atoms with van der Waals surface area (Å²) in [4.78, 5) is 2.56. The molecule has 2 atom stereocenters. The van der Waals surface area contributed by atoms with Crippen LogP contribution in [0.4, 0.5) is 0 Å². The van der Waals surface area contributed by atoms with Crippen LogP contribution in [-0.4, -0.2) is 42.1 Å². The highest BCUT2D eigenvalue weighted by Gasteiger charge is 2.24. The van der Waals surface area contributed by atoms with E-state index in [-0.39, 0.29) is 0 Å². The summed E-state index contributed by atoms with van der Waals surface area (Å²) >= 11 is 2.09. The fourth-order valence-corrected chi connectivity index (χ4v) is 3.89. The molecule has 1 heterocycles. The third-order valence-electron chi connectivity index (χ3n) is 3.97. The van der Waals surface area contributed by atoms with E-state index in [4.69, 9.17) is 5.73 Å². The lowest BCUT2D eigenvalue weighted by Crippen LogP contribution is -2.44. The Morgan fingerprint density at radius 3 is 2.65 bits per heavy atom. The molecule has 2 nitrogen and oxygen atoms in total. The Kier molecular flexibility index (Phi) is 8.33. The Hall–Kier alpha value is 0.270. The van der Waals surface area contributed by atoms with E-state index in [1.165, 1.54) is 56.5 Å². The zero-order valence-corrected chi connectivity index (χ0v) is 12.5. The van der Waals surface area contributed by atoms with Crippen molar-refractivity contribution in [3.63, 3.8) is 0 Å². The fourth-order valence-electron chi connectivity index (χ4n) is 2.61. The van der Waals surface area contributed by atoms with Crippen molar-refractivity contribution in [3.8, 4) is 0 Å². The zero-order chi connectivity index (χ0) is 12.5. The van der Waals surface area contributed by atoms with Crippen LogP contribution in [0.3, 0.4) is 0 Å². The lowest BCUT2D eigenvalue weighted by Gasteiger charge is -2.32. The van der Waals surface area contributed by atoms with Crippen molar-refractivity contribution < 1.29 is 0 Å². The molecule has 17 heavy (non-hydrogen) atoms. The third kappa shape index (κ3) is 5.62. The van der Waals surface area contributed by atoms with Gasteiger partial charge in [-0.1, -0.05) is 39.0 Å². The van der Waals surface area contributed by atoms with Crippen LogP contribution in [0, 0.1) is 0 Å². The molecule has 0 amide bonds. The minimum absolute atomic E-state index is 0.611. The van der Waals surface area contributed by atoms with Gasteiger partial charge in [0.1, 0.15) is 0 Å². The third-order valence-corrected chi connectivity index (χ3v) is 5.12. The van der Waals surface area contributed by atoms with E-state index in [1.54, 1.807) is 0 Å². The first-order valence-electron chi connectivity index (χ1n) is 7.29. The average Bonchev–Trinajstić information content (AvgIpc) is 2.87. The van der Waals surface area contributed by atoms with E-state index in [0.717, 1.165) is 12.6 Å². The topological polar surface area (TPSA) is 29.3 Å². The minimum atomic E-state index is 0.611. The maximum absolute atomic E-state index is 5.93. The van der Waals surface area contributed by atoms with Crippen LogP contribution >= 0.6 is 11.8 Å². The fraction of sp³-hybridized carbons (Fsp3) is 1.00. The molecule has 0 aliphatic carbocycles. The highest BCUT2D eigenvalue weighted by atomic mass is 32.2. The number of rotatable bonds is 9. The van der Waals surface area contributed by atoms with E-state index in [2.05, 4.69) is 30.6 Å². The van der Waals surface area contributed by atoms with E-state index >= 15 is 0 Å². The van der Waals surface area contributed by atoms with E-state index < -0.39 is 0 Å². The number of nitrogens with zero attached hydrogens (tertiary/aromatic N) is 1. The largest absolute Gasteiger partial charge is 0.329 e. The Labute approximate surface area is 112 Å². The second kappa shape index (κ2) is 9.23. The van der Waals surface area contributed by atoms with Crippen molar-refractivity contribution >= 4 is 11.8 Å². The van der Waals surface area contributed by atoms with Gasteiger partial charge in [-0.15, -0.1) is 0 Å². The van der Waals surface area contributed by atoms with Gasteiger partial charge in [-0.2, -0.15) is 11.8 Å². The molecular weight excluding hydrogens is 228 g/mol. The lowest BCUT2D eigenvalue weighted by molar-refractivity contribution is 0.179. The second-order valence-electron chi connectivity index (χ2n) is 5.28. The molecular formula is C14H30N2S. The van der Waals surface area contributed by atoms with Gasteiger partial charge in [0, 0.05) is 24.4 Å². The maximum atomic E-state index is 5.93. The molecule has 3 heteroatoms. The molecule has 0 aromatic heterocycles. The maximum Gasteiger partial charge on any atom is 0.0218 e. The van der Waals surface area contributed by atoms with Crippen LogP contribution in [0.2, 0.25) is 0 Å². The molecule has 0 spiro atoms. The van der Waals surface area contributed by atoms with Gasteiger partial charge >= 0.3 is 0 Å². The molecule has 0 aromatic rings. The summed E-state index contributed by atoms with van der Waals surface area (Å²) < 4.78 is 0. The molecule has 1 aliphatic heterocycles. The quantitative estimate of drug-likeness (QED) is 0.644. The molecule has 1 fully saturated rings. The van der Waals surface area contributed by atoms with Gasteiger partial charge in [0.2, 0.25) is 0 Å². The van der Waals surface area contributed by atoms with Crippen LogP contribution in [0.25, 0.3) is 0 Å². The van der Waals surface area contributed by atoms with Gasteiger partial charge in [-0.25, -0.2) is 0 Å². The smallest absolute Gasteiger partial charge is 0.0218 e. The van der Waals surface area contributed by atoms with Gasteiger partial charge in [0.15, 0.2) is 0 Å². The lowest BCUT2D eigenvalue weighted by atomic mass is 10.0. The average molecular weight is 258 g/mol. The predicted molar refractivity (Wildman–Crippen MR) is 79.7 cm³/mol. The highest BCUT2D eigenvalue weighted by molar-refractivity contribution is 7.99. The minimum Gasteiger partial charge on any atom is -0.329 e. The summed E-state index contributed by atoms with van der Waals surface area (Å²) in [6, 6.07) is 1.39. The monoisotopic (exact) mass is 258 g/mol. The Morgan fingerprint density at radius 1 is 1.29 bits per heavy atom. The first-order valence-corrected chi connectivity index (χ1v) is 8.44. The van der Waals surface area contributed by atoms with Crippen LogP contribution < -0.4 is 5.73 Å². The Balaban J connectivity index is 2.17. The van der Waals surface area contributed by atoms with Gasteiger partial charge in [-0.3, -0.25) is 4.90 Å². The normalized spacial score (nSPS) is 22.2. The van der Waals surface area contributed by atoms with Crippen molar-refractivity contribution in [2.24, 2.45) is 5.73 Å². The SMILES string of the molecule is CCCCCCCC(CN)N(C)C1CCSC1. The predicted octanol–water partition coefficient (Wildman–Crippen LogP) is 3.11. The molecule has 2 N–H and O–H groups in total. The van der Waals surface area contributed by atoms with Crippen molar-refractivity contribution in [3.05, 3.63) is 0 Å². The van der Waals surface area contributed by atoms with Gasteiger partial charge in [0.05, 0.1) is 0 Å². The van der Waals surface area contributed by atoms with Crippen molar-refractivity contribution in [2.45, 2.75) is 64.0 Å². The summed E-state index contributed by atoms with van der Waals surface area (Å²) in [6.07, 6.45) is 9.51. The van der Waals surface area contributed by atoms with Gasteiger partial charge < -0.3 is 5.73 Å². The van der Waals surface area contributed by atoms with Gasteiger partial charge in [-0.05, 0) is 25.6 Å². The Morgan fingerprint density at radius 2 is 2.06 bits per heavy atom. The van der Waals surface area contributed by atoms with Crippen molar-refractivity contribution in [1.82, 2.24) is 4.90 Å². The van der Waals surface area contributed by atoms with E-state index in [1.807, 2.05) is 0 Å². The van der Waals surface area contributed by atoms with Crippen molar-refractivity contribution in [2.75, 3.05) is 25.1 Å². The number of unbranched alkanes of at least 4 members (excludes halogenated alkanes) is 4. The molecule has 0 saturated carbocycles. The molecule has 1 rings (SSSR count). The Bertz CT molecular complexity index is 181. The molecule has 0 radical (unpaired) electrons. The van der Waals surface area contributed by atoms with E-state index in [9.17, 15) is 0 Å². The van der Waals surface area contributed by atoms with Crippen LogP contribution in [0.15, 0.2) is 0 Å². The van der Waals surface area contributed by atoms with Crippen molar-refractivity contribution in [1.29, 1.82) is 0 Å². The first-order chi connectivity index (χ1) is 8.29. The summed E-state index contributed by atoms with van der Waals surface area (Å²) in [6.45, 7) is 3.10. The zero-order valence-electron chi connectivity index (χ0n) is 11.7. The molecule has 1 aliphatic rings. The second-order valence-corrected chi connectivity index (χ2v) is 6.43. The highest BCUT2D eigenvalue weighted by Crippen LogP contribution is 2.24. The standard InChI is InChI=1S/C14H30N2S/c1-3-4-5-6-7-8-13(11-15)16(2)14-9-10-17-12-14/h13-14H,3-12,15H2,1-2H3. The number of hydrogen-bond acceptors (Lipinski definition) is 3. The summed E-state index contributed by atoms with van der Waals surface area (Å²) in [7, 11) is 2.28. The van der Waals surface area contributed by atoms with Crippen LogP contribution in [0.1, 0.15) is 51.9 Å². The van der Waals surface area contributed by atoms with Crippen LogP contribution in [0.5, 0.6) is 0 Å². The number of thioether (sulfide) groups is 1. The molecule has 2 unspecified atom stereocenters. The summed E-state index contributed by atoms with van der Waals surface area (Å²) in [5.74, 6) is 2.64. The first kappa shape index (κ1) is 15.3. The molecule has 102 valence electrons.